The zero-order valence-electron chi connectivity index (χ0n) is 15.6. The summed E-state index contributed by atoms with van der Waals surface area (Å²) in [5, 5.41) is 7.55. The molecule has 0 aliphatic carbocycles. The standard InChI is InChI=1S/C18H21FN6O2S/c1-12-9-16(15-5-3-4-7-20-15)25-17(12)10-21-18(23-25)22-14-6-8-24(11-13(14)19)28(2,26)27/h3-5,7,9-10,13-14H,6,8,11H2,1-2H3,(H,22,23)/t13-,14+/m0/s1. The van der Waals surface area contributed by atoms with E-state index in [0.717, 1.165) is 33.0 Å². The summed E-state index contributed by atoms with van der Waals surface area (Å²) in [6.45, 7) is 2.07. The molecular weight excluding hydrogens is 383 g/mol. The van der Waals surface area contributed by atoms with Crippen LogP contribution >= 0.6 is 0 Å². The first-order valence-corrected chi connectivity index (χ1v) is 10.8. The second-order valence-electron chi connectivity index (χ2n) is 6.98. The molecule has 0 unspecified atom stereocenters. The van der Waals surface area contributed by atoms with Gasteiger partial charge in [-0.1, -0.05) is 6.07 Å². The van der Waals surface area contributed by atoms with Crippen LogP contribution in [-0.4, -0.2) is 63.9 Å². The Kier molecular flexibility index (Phi) is 4.76. The van der Waals surface area contributed by atoms with E-state index in [9.17, 15) is 12.8 Å². The number of pyridine rings is 1. The van der Waals surface area contributed by atoms with E-state index in [1.54, 1.807) is 16.9 Å². The molecule has 1 aliphatic rings. The average molecular weight is 404 g/mol. The van der Waals surface area contributed by atoms with Crippen molar-refractivity contribution in [3.05, 3.63) is 42.2 Å². The van der Waals surface area contributed by atoms with Crippen LogP contribution in [0.4, 0.5) is 10.3 Å². The van der Waals surface area contributed by atoms with Crippen molar-refractivity contribution in [2.45, 2.75) is 25.6 Å². The van der Waals surface area contributed by atoms with Crippen LogP contribution in [0.5, 0.6) is 0 Å². The Hall–Kier alpha value is -2.59. The highest BCUT2D eigenvalue weighted by molar-refractivity contribution is 7.88. The lowest BCUT2D eigenvalue weighted by molar-refractivity contribution is 0.186. The number of sulfonamides is 1. The lowest BCUT2D eigenvalue weighted by atomic mass is 10.1. The highest BCUT2D eigenvalue weighted by Gasteiger charge is 2.33. The maximum absolute atomic E-state index is 14.5. The number of nitrogens with zero attached hydrogens (tertiary/aromatic N) is 5. The summed E-state index contributed by atoms with van der Waals surface area (Å²) in [6.07, 6.45) is 3.50. The summed E-state index contributed by atoms with van der Waals surface area (Å²) in [4.78, 5) is 8.69. The number of anilines is 1. The van der Waals surface area contributed by atoms with Crippen LogP contribution in [0.1, 0.15) is 12.0 Å². The number of rotatable bonds is 4. The molecule has 0 radical (unpaired) electrons. The van der Waals surface area contributed by atoms with E-state index in [4.69, 9.17) is 0 Å². The number of aromatic nitrogens is 4. The fourth-order valence-corrected chi connectivity index (χ4v) is 4.26. The van der Waals surface area contributed by atoms with Gasteiger partial charge in [0.2, 0.25) is 16.0 Å². The molecule has 4 rings (SSSR count). The first kappa shape index (κ1) is 18.8. The van der Waals surface area contributed by atoms with Crippen molar-refractivity contribution in [1.29, 1.82) is 0 Å². The molecular formula is C18H21FN6O2S. The molecule has 0 aromatic carbocycles. The van der Waals surface area contributed by atoms with Crippen LogP contribution in [0.15, 0.2) is 36.7 Å². The Morgan fingerprint density at radius 3 is 2.79 bits per heavy atom. The second kappa shape index (κ2) is 7.10. The fourth-order valence-electron chi connectivity index (χ4n) is 3.41. The maximum Gasteiger partial charge on any atom is 0.241 e. The van der Waals surface area contributed by atoms with Gasteiger partial charge < -0.3 is 5.32 Å². The number of piperidine rings is 1. The van der Waals surface area contributed by atoms with Gasteiger partial charge in [0.05, 0.1) is 35.4 Å². The Balaban J connectivity index is 1.60. The molecule has 10 heteroatoms. The van der Waals surface area contributed by atoms with Crippen molar-refractivity contribution in [1.82, 2.24) is 23.9 Å². The van der Waals surface area contributed by atoms with Gasteiger partial charge in [0, 0.05) is 19.3 Å². The number of aryl methyl sites for hydroxylation is 1. The van der Waals surface area contributed by atoms with E-state index in [-0.39, 0.29) is 13.1 Å². The summed E-state index contributed by atoms with van der Waals surface area (Å²) in [5.41, 5.74) is 3.45. The largest absolute Gasteiger partial charge is 0.347 e. The van der Waals surface area contributed by atoms with Gasteiger partial charge in [-0.3, -0.25) is 4.98 Å². The average Bonchev–Trinajstić information content (AvgIpc) is 2.99. The number of alkyl halides is 1. The minimum absolute atomic E-state index is 0.166. The van der Waals surface area contributed by atoms with E-state index in [2.05, 4.69) is 20.4 Å². The first-order chi connectivity index (χ1) is 13.3. The normalized spacial score (nSPS) is 21.1. The van der Waals surface area contributed by atoms with Gasteiger partial charge in [-0.2, -0.15) is 4.31 Å². The monoisotopic (exact) mass is 404 g/mol. The van der Waals surface area contributed by atoms with Crippen molar-refractivity contribution >= 4 is 21.5 Å². The van der Waals surface area contributed by atoms with Gasteiger partial charge in [-0.15, -0.1) is 5.10 Å². The summed E-state index contributed by atoms with van der Waals surface area (Å²) in [6, 6.07) is 7.08. The molecule has 8 nitrogen and oxygen atoms in total. The van der Waals surface area contributed by atoms with Crippen LogP contribution in [0, 0.1) is 6.92 Å². The molecule has 1 aliphatic heterocycles. The summed E-state index contributed by atoms with van der Waals surface area (Å²) in [7, 11) is -3.39. The number of hydrogen-bond donors (Lipinski definition) is 1. The van der Waals surface area contributed by atoms with Crippen LogP contribution in [0.2, 0.25) is 0 Å². The molecule has 3 aromatic rings. The Bertz CT molecular complexity index is 1100. The molecule has 1 N–H and O–H groups in total. The number of halogens is 1. The molecule has 3 aromatic heterocycles. The second-order valence-corrected chi connectivity index (χ2v) is 8.97. The molecule has 0 spiro atoms. The van der Waals surface area contributed by atoms with Gasteiger partial charge in [0.15, 0.2) is 0 Å². The molecule has 0 amide bonds. The molecule has 28 heavy (non-hydrogen) atoms. The summed E-state index contributed by atoms with van der Waals surface area (Å²) in [5.74, 6) is 0.292. The summed E-state index contributed by atoms with van der Waals surface area (Å²) < 4.78 is 40.7. The van der Waals surface area contributed by atoms with Crippen molar-refractivity contribution in [3.63, 3.8) is 0 Å². The molecule has 148 valence electrons. The van der Waals surface area contributed by atoms with Crippen molar-refractivity contribution in [2.75, 3.05) is 24.7 Å². The zero-order chi connectivity index (χ0) is 19.9. The van der Waals surface area contributed by atoms with E-state index in [0.29, 0.717) is 12.4 Å². The van der Waals surface area contributed by atoms with Crippen molar-refractivity contribution in [3.8, 4) is 11.4 Å². The quantitative estimate of drug-likeness (QED) is 0.714. The van der Waals surface area contributed by atoms with Gasteiger partial charge in [0.25, 0.3) is 0 Å². The van der Waals surface area contributed by atoms with Crippen molar-refractivity contribution < 1.29 is 12.8 Å². The van der Waals surface area contributed by atoms with Gasteiger partial charge >= 0.3 is 0 Å². The first-order valence-electron chi connectivity index (χ1n) is 8.95. The third kappa shape index (κ3) is 3.57. The lowest BCUT2D eigenvalue weighted by Gasteiger charge is -2.33. The van der Waals surface area contributed by atoms with Gasteiger partial charge in [-0.25, -0.2) is 22.3 Å². The Morgan fingerprint density at radius 1 is 1.29 bits per heavy atom. The summed E-state index contributed by atoms with van der Waals surface area (Å²) >= 11 is 0. The van der Waals surface area contributed by atoms with Crippen molar-refractivity contribution in [2.24, 2.45) is 0 Å². The van der Waals surface area contributed by atoms with Crippen LogP contribution in [0.25, 0.3) is 16.9 Å². The molecule has 4 heterocycles. The molecule has 1 saturated heterocycles. The molecule has 1 fully saturated rings. The fraction of sp³-hybridized carbons (Fsp3) is 0.389. The molecule has 0 saturated carbocycles. The number of fused-ring (bicyclic) bond motifs is 1. The highest BCUT2D eigenvalue weighted by atomic mass is 32.2. The van der Waals surface area contributed by atoms with Crippen LogP contribution in [-0.2, 0) is 10.0 Å². The minimum Gasteiger partial charge on any atom is -0.347 e. The van der Waals surface area contributed by atoms with Gasteiger partial charge in [-0.05, 0) is 37.1 Å². The molecule has 0 bridgehead atoms. The third-order valence-corrected chi connectivity index (χ3v) is 6.20. The highest BCUT2D eigenvalue weighted by Crippen LogP contribution is 2.24. The third-order valence-electron chi connectivity index (χ3n) is 4.93. The van der Waals surface area contributed by atoms with E-state index < -0.39 is 22.2 Å². The Labute approximate surface area is 162 Å². The van der Waals surface area contributed by atoms with Crippen LogP contribution < -0.4 is 5.32 Å². The van der Waals surface area contributed by atoms with Crippen LogP contribution in [0.3, 0.4) is 0 Å². The number of nitrogens with one attached hydrogen (secondary N) is 1. The number of hydrogen-bond acceptors (Lipinski definition) is 6. The Morgan fingerprint density at radius 2 is 2.11 bits per heavy atom. The zero-order valence-corrected chi connectivity index (χ0v) is 16.4. The van der Waals surface area contributed by atoms with E-state index in [1.165, 1.54) is 0 Å². The predicted molar refractivity (Wildman–Crippen MR) is 104 cm³/mol. The smallest absolute Gasteiger partial charge is 0.241 e. The van der Waals surface area contributed by atoms with E-state index >= 15 is 0 Å². The lowest BCUT2D eigenvalue weighted by Crippen LogP contribution is -2.49. The van der Waals surface area contributed by atoms with E-state index in [1.807, 2.05) is 31.2 Å². The molecule has 2 atom stereocenters. The SMILES string of the molecule is Cc1cc(-c2ccccn2)n2nc(N[C@@H]3CCN(S(C)(=O)=O)C[C@@H]3F)ncc12. The maximum atomic E-state index is 14.5. The topological polar surface area (TPSA) is 92.5 Å². The predicted octanol–water partition coefficient (Wildman–Crippen LogP) is 1.88. The van der Waals surface area contributed by atoms with Gasteiger partial charge in [0.1, 0.15) is 6.17 Å². The minimum atomic E-state index is -3.39.